The summed E-state index contributed by atoms with van der Waals surface area (Å²) in [5.41, 5.74) is 3.03. The molecule has 6 nitrogen and oxygen atoms in total. The second-order valence-corrected chi connectivity index (χ2v) is 5.05. The first-order valence-corrected chi connectivity index (χ1v) is 6.95. The third-order valence-electron chi connectivity index (χ3n) is 3.43. The lowest BCUT2D eigenvalue weighted by molar-refractivity contribution is -0.114. The minimum atomic E-state index is -0.123. The van der Waals surface area contributed by atoms with Crippen LogP contribution in [0.1, 0.15) is 11.1 Å². The SMILES string of the molecule is COc1ccnc(N(C)CC(=O)Nc2cccc(C)c2C)n1. The lowest BCUT2D eigenvalue weighted by Crippen LogP contribution is -2.31. The fourth-order valence-electron chi connectivity index (χ4n) is 1.99. The smallest absolute Gasteiger partial charge is 0.244 e. The van der Waals surface area contributed by atoms with Gasteiger partial charge in [0.15, 0.2) is 0 Å². The third-order valence-corrected chi connectivity index (χ3v) is 3.43. The number of hydrogen-bond acceptors (Lipinski definition) is 5. The highest BCUT2D eigenvalue weighted by molar-refractivity contribution is 5.94. The van der Waals surface area contributed by atoms with Crippen LogP contribution in [-0.2, 0) is 4.79 Å². The molecule has 1 amide bonds. The lowest BCUT2D eigenvalue weighted by Gasteiger charge is -2.17. The molecule has 0 bridgehead atoms. The molecule has 0 radical (unpaired) electrons. The summed E-state index contributed by atoms with van der Waals surface area (Å²) in [4.78, 5) is 22.2. The number of aryl methyl sites for hydroxylation is 1. The number of ether oxygens (including phenoxy) is 1. The Hall–Kier alpha value is -2.63. The first kappa shape index (κ1) is 15.8. The molecular weight excluding hydrogens is 280 g/mol. The van der Waals surface area contributed by atoms with Crippen LogP contribution in [0, 0.1) is 13.8 Å². The van der Waals surface area contributed by atoms with Crippen LogP contribution < -0.4 is 15.0 Å². The van der Waals surface area contributed by atoms with Crippen molar-refractivity contribution in [3.05, 3.63) is 41.6 Å². The number of benzene rings is 1. The van der Waals surface area contributed by atoms with Crippen LogP contribution in [0.15, 0.2) is 30.5 Å². The van der Waals surface area contributed by atoms with E-state index in [0.29, 0.717) is 11.8 Å². The number of rotatable bonds is 5. The Kier molecular flexibility index (Phi) is 4.93. The van der Waals surface area contributed by atoms with Crippen LogP contribution in [0.3, 0.4) is 0 Å². The Balaban J connectivity index is 2.03. The van der Waals surface area contributed by atoms with Crippen LogP contribution in [0.5, 0.6) is 5.88 Å². The molecule has 0 aliphatic carbocycles. The number of anilines is 2. The van der Waals surface area contributed by atoms with Gasteiger partial charge in [0, 0.05) is 25.0 Å². The summed E-state index contributed by atoms with van der Waals surface area (Å²) in [6.45, 7) is 4.15. The van der Waals surface area contributed by atoms with Gasteiger partial charge in [-0.3, -0.25) is 4.79 Å². The van der Waals surface area contributed by atoms with Gasteiger partial charge in [0.1, 0.15) is 0 Å². The van der Waals surface area contributed by atoms with E-state index in [1.54, 1.807) is 31.3 Å². The molecule has 6 heteroatoms. The van der Waals surface area contributed by atoms with E-state index < -0.39 is 0 Å². The third kappa shape index (κ3) is 3.72. The number of amides is 1. The van der Waals surface area contributed by atoms with Crippen LogP contribution in [0.25, 0.3) is 0 Å². The number of nitrogens with zero attached hydrogens (tertiary/aromatic N) is 3. The number of hydrogen-bond donors (Lipinski definition) is 1. The maximum atomic E-state index is 12.2. The first-order valence-electron chi connectivity index (χ1n) is 6.95. The second-order valence-electron chi connectivity index (χ2n) is 5.05. The standard InChI is InChI=1S/C16H20N4O2/c1-11-6-5-7-13(12(11)2)18-14(21)10-20(3)16-17-9-8-15(19-16)22-4/h5-9H,10H2,1-4H3,(H,18,21). The Bertz CT molecular complexity index is 673. The number of nitrogens with one attached hydrogen (secondary N) is 1. The van der Waals surface area contributed by atoms with E-state index in [0.717, 1.165) is 16.8 Å². The van der Waals surface area contributed by atoms with Crippen LogP contribution in [0.4, 0.5) is 11.6 Å². The Morgan fingerprint density at radius 2 is 2.09 bits per heavy atom. The largest absolute Gasteiger partial charge is 0.481 e. The van der Waals surface area contributed by atoms with Crippen molar-refractivity contribution in [1.82, 2.24) is 9.97 Å². The maximum absolute atomic E-state index is 12.2. The summed E-state index contributed by atoms with van der Waals surface area (Å²) in [5, 5.41) is 2.91. The highest BCUT2D eigenvalue weighted by Crippen LogP contribution is 2.18. The van der Waals surface area contributed by atoms with Gasteiger partial charge in [0.05, 0.1) is 13.7 Å². The maximum Gasteiger partial charge on any atom is 0.244 e. The molecule has 1 N–H and O–H groups in total. The van der Waals surface area contributed by atoms with Crippen molar-refractivity contribution in [2.24, 2.45) is 0 Å². The first-order chi connectivity index (χ1) is 10.5. The number of carbonyl (C=O) groups is 1. The molecule has 116 valence electrons. The van der Waals surface area contributed by atoms with E-state index >= 15 is 0 Å². The van der Waals surface area contributed by atoms with Gasteiger partial charge < -0.3 is 15.0 Å². The summed E-state index contributed by atoms with van der Waals surface area (Å²) in [6, 6.07) is 7.49. The molecule has 0 saturated carbocycles. The second kappa shape index (κ2) is 6.89. The molecule has 0 fully saturated rings. The molecule has 0 unspecified atom stereocenters. The van der Waals surface area contributed by atoms with E-state index in [1.807, 2.05) is 32.0 Å². The molecule has 0 aliphatic heterocycles. The van der Waals surface area contributed by atoms with E-state index in [4.69, 9.17) is 4.74 Å². The van der Waals surface area contributed by atoms with Gasteiger partial charge in [-0.15, -0.1) is 0 Å². The van der Waals surface area contributed by atoms with E-state index in [9.17, 15) is 4.79 Å². The summed E-state index contributed by atoms with van der Waals surface area (Å²) in [6.07, 6.45) is 1.60. The highest BCUT2D eigenvalue weighted by Gasteiger charge is 2.12. The highest BCUT2D eigenvalue weighted by atomic mass is 16.5. The predicted octanol–water partition coefficient (Wildman–Crippen LogP) is 2.18. The van der Waals surface area contributed by atoms with Gasteiger partial charge in [0.2, 0.25) is 17.7 Å². The van der Waals surface area contributed by atoms with Crippen molar-refractivity contribution < 1.29 is 9.53 Å². The van der Waals surface area contributed by atoms with Gasteiger partial charge in [-0.25, -0.2) is 4.98 Å². The average Bonchev–Trinajstić information content (AvgIpc) is 2.51. The van der Waals surface area contributed by atoms with Gasteiger partial charge in [-0.05, 0) is 31.0 Å². The van der Waals surface area contributed by atoms with Gasteiger partial charge in [-0.1, -0.05) is 12.1 Å². The zero-order valence-corrected chi connectivity index (χ0v) is 13.3. The number of carbonyl (C=O) groups excluding carboxylic acids is 1. The Labute approximate surface area is 130 Å². The molecular formula is C16H20N4O2. The molecule has 1 aromatic heterocycles. The minimum absolute atomic E-state index is 0.123. The van der Waals surface area contributed by atoms with Crippen molar-refractivity contribution in [3.8, 4) is 5.88 Å². The molecule has 0 aliphatic rings. The quantitative estimate of drug-likeness (QED) is 0.916. The number of aromatic nitrogens is 2. The summed E-state index contributed by atoms with van der Waals surface area (Å²) in [5.74, 6) is 0.782. The number of methoxy groups -OCH3 is 1. The molecule has 0 atom stereocenters. The van der Waals surface area contributed by atoms with Crippen LogP contribution in [-0.4, -0.2) is 36.6 Å². The normalized spacial score (nSPS) is 10.2. The molecule has 1 aromatic carbocycles. The molecule has 0 saturated heterocycles. The Morgan fingerprint density at radius 3 is 2.82 bits per heavy atom. The van der Waals surface area contributed by atoms with Gasteiger partial charge in [0.25, 0.3) is 0 Å². The minimum Gasteiger partial charge on any atom is -0.481 e. The summed E-state index contributed by atoms with van der Waals surface area (Å²) in [7, 11) is 3.30. The van der Waals surface area contributed by atoms with E-state index in [1.165, 1.54) is 0 Å². The summed E-state index contributed by atoms with van der Waals surface area (Å²) < 4.78 is 5.06. The Morgan fingerprint density at radius 1 is 1.32 bits per heavy atom. The van der Waals surface area contributed by atoms with Gasteiger partial charge >= 0.3 is 0 Å². The van der Waals surface area contributed by atoms with Crippen molar-refractivity contribution in [2.75, 3.05) is 30.9 Å². The molecule has 0 spiro atoms. The van der Waals surface area contributed by atoms with Gasteiger partial charge in [-0.2, -0.15) is 4.98 Å². The molecule has 2 rings (SSSR count). The van der Waals surface area contributed by atoms with Crippen molar-refractivity contribution >= 4 is 17.5 Å². The monoisotopic (exact) mass is 300 g/mol. The average molecular weight is 300 g/mol. The van der Waals surface area contributed by atoms with Crippen molar-refractivity contribution in [2.45, 2.75) is 13.8 Å². The zero-order chi connectivity index (χ0) is 16.1. The van der Waals surface area contributed by atoms with Crippen molar-refractivity contribution in [3.63, 3.8) is 0 Å². The number of likely N-dealkylation sites (N-methyl/N-ethyl adjacent to an activating group) is 1. The summed E-state index contributed by atoms with van der Waals surface area (Å²) >= 11 is 0. The van der Waals surface area contributed by atoms with E-state index in [-0.39, 0.29) is 12.5 Å². The fourth-order valence-corrected chi connectivity index (χ4v) is 1.99. The molecule has 2 aromatic rings. The van der Waals surface area contributed by atoms with Crippen LogP contribution >= 0.6 is 0 Å². The van der Waals surface area contributed by atoms with E-state index in [2.05, 4.69) is 15.3 Å². The van der Waals surface area contributed by atoms with Crippen molar-refractivity contribution in [1.29, 1.82) is 0 Å². The predicted molar refractivity (Wildman–Crippen MR) is 86.4 cm³/mol. The molecule has 22 heavy (non-hydrogen) atoms. The molecule has 1 heterocycles. The topological polar surface area (TPSA) is 67.3 Å². The van der Waals surface area contributed by atoms with Crippen LogP contribution in [0.2, 0.25) is 0 Å². The fraction of sp³-hybridized carbons (Fsp3) is 0.312. The lowest BCUT2D eigenvalue weighted by atomic mass is 10.1. The zero-order valence-electron chi connectivity index (χ0n) is 13.3.